The number of rotatable bonds is 5. The van der Waals surface area contributed by atoms with E-state index in [2.05, 4.69) is 4.90 Å². The normalized spacial score (nSPS) is 14.1. The first kappa shape index (κ1) is 19.3. The summed E-state index contributed by atoms with van der Waals surface area (Å²) in [5.41, 5.74) is 0.961. The number of halogens is 2. The number of anilines is 1. The lowest BCUT2D eigenvalue weighted by Gasteiger charge is -2.36. The van der Waals surface area contributed by atoms with Crippen LogP contribution in [0.4, 0.5) is 11.4 Å². The summed E-state index contributed by atoms with van der Waals surface area (Å²) in [6.45, 7) is 2.29. The maximum Gasteiger partial charge on any atom is 0.269 e. The largest absolute Gasteiger partial charge is 0.482 e. The number of nitrogens with zero attached hydrogens (tertiary/aromatic N) is 3. The molecule has 1 saturated heterocycles. The van der Waals surface area contributed by atoms with Gasteiger partial charge in [-0.2, -0.15) is 0 Å². The molecule has 7 nitrogen and oxygen atoms in total. The van der Waals surface area contributed by atoms with Crippen LogP contribution in [0.3, 0.4) is 0 Å². The molecule has 0 aliphatic carbocycles. The van der Waals surface area contributed by atoms with Gasteiger partial charge in [-0.3, -0.25) is 14.9 Å². The van der Waals surface area contributed by atoms with E-state index < -0.39 is 4.92 Å². The van der Waals surface area contributed by atoms with Gasteiger partial charge in [0.05, 0.1) is 9.95 Å². The zero-order valence-electron chi connectivity index (χ0n) is 14.3. The number of ether oxygens (including phenoxy) is 1. The zero-order chi connectivity index (χ0) is 19.4. The van der Waals surface area contributed by atoms with Crippen LogP contribution in [0, 0.1) is 10.1 Å². The number of non-ortho nitro benzene ring substituents is 1. The Hall–Kier alpha value is -2.51. The number of amides is 1. The van der Waals surface area contributed by atoms with E-state index in [0.717, 1.165) is 5.69 Å². The summed E-state index contributed by atoms with van der Waals surface area (Å²) >= 11 is 11.9. The highest BCUT2D eigenvalue weighted by Gasteiger charge is 2.22. The highest BCUT2D eigenvalue weighted by molar-refractivity contribution is 6.35. The average Bonchev–Trinajstić information content (AvgIpc) is 2.67. The van der Waals surface area contributed by atoms with Gasteiger partial charge in [-0.25, -0.2) is 0 Å². The van der Waals surface area contributed by atoms with Crippen LogP contribution in [0.25, 0.3) is 0 Å². The minimum Gasteiger partial charge on any atom is -0.482 e. The minimum absolute atomic E-state index is 0.0607. The molecule has 142 valence electrons. The molecule has 27 heavy (non-hydrogen) atoms. The number of hydrogen-bond acceptors (Lipinski definition) is 5. The van der Waals surface area contributed by atoms with Crippen molar-refractivity contribution in [2.75, 3.05) is 37.7 Å². The molecule has 0 aromatic heterocycles. The molecule has 0 spiro atoms. The molecular formula is C18H17Cl2N3O4. The average molecular weight is 410 g/mol. The molecule has 3 rings (SSSR count). The Kier molecular flexibility index (Phi) is 6.03. The van der Waals surface area contributed by atoms with Crippen molar-refractivity contribution in [2.45, 2.75) is 0 Å². The zero-order valence-corrected chi connectivity index (χ0v) is 15.8. The number of benzene rings is 2. The predicted molar refractivity (Wildman–Crippen MR) is 104 cm³/mol. The molecule has 1 fully saturated rings. The van der Waals surface area contributed by atoms with E-state index in [-0.39, 0.29) is 18.2 Å². The van der Waals surface area contributed by atoms with Crippen LogP contribution in [0.5, 0.6) is 5.75 Å². The number of nitro benzene ring substituents is 1. The fourth-order valence-electron chi connectivity index (χ4n) is 2.82. The van der Waals surface area contributed by atoms with Crippen LogP contribution in [0.1, 0.15) is 0 Å². The molecule has 1 amide bonds. The van der Waals surface area contributed by atoms with Crippen molar-refractivity contribution in [3.63, 3.8) is 0 Å². The molecule has 0 radical (unpaired) electrons. The molecular weight excluding hydrogens is 393 g/mol. The van der Waals surface area contributed by atoms with E-state index >= 15 is 0 Å². The molecule has 1 aliphatic rings. The topological polar surface area (TPSA) is 75.9 Å². The van der Waals surface area contributed by atoms with Gasteiger partial charge in [-0.1, -0.05) is 23.2 Å². The predicted octanol–water partition coefficient (Wildman–Crippen LogP) is 3.63. The van der Waals surface area contributed by atoms with Gasteiger partial charge in [-0.05, 0) is 30.3 Å². The molecule has 2 aromatic carbocycles. The van der Waals surface area contributed by atoms with E-state index in [0.29, 0.717) is 42.0 Å². The minimum atomic E-state index is -0.423. The number of hydrogen-bond donors (Lipinski definition) is 0. The second-order valence-electron chi connectivity index (χ2n) is 6.00. The fourth-order valence-corrected chi connectivity index (χ4v) is 3.29. The number of piperazine rings is 1. The molecule has 0 N–H and O–H groups in total. The summed E-state index contributed by atoms with van der Waals surface area (Å²) in [4.78, 5) is 26.5. The summed E-state index contributed by atoms with van der Waals surface area (Å²) in [5.74, 6) is 0.295. The van der Waals surface area contributed by atoms with Gasteiger partial charge >= 0.3 is 0 Å². The Bertz CT molecular complexity index is 837. The Morgan fingerprint density at radius 1 is 1.07 bits per heavy atom. The van der Waals surface area contributed by atoms with Crippen molar-refractivity contribution < 1.29 is 14.5 Å². The van der Waals surface area contributed by atoms with Crippen LogP contribution >= 0.6 is 23.2 Å². The van der Waals surface area contributed by atoms with E-state index in [4.69, 9.17) is 27.9 Å². The lowest BCUT2D eigenvalue weighted by Crippen LogP contribution is -2.50. The van der Waals surface area contributed by atoms with Crippen molar-refractivity contribution in [1.29, 1.82) is 0 Å². The Balaban J connectivity index is 1.51. The van der Waals surface area contributed by atoms with Crippen LogP contribution in [0.15, 0.2) is 42.5 Å². The van der Waals surface area contributed by atoms with Crippen LogP contribution < -0.4 is 9.64 Å². The third-order valence-electron chi connectivity index (χ3n) is 4.30. The van der Waals surface area contributed by atoms with Gasteiger partial charge in [-0.15, -0.1) is 0 Å². The SMILES string of the molecule is O=C(COc1ccc(Cl)cc1Cl)N1CCN(c2ccc([N+](=O)[O-])cc2)CC1. The summed E-state index contributed by atoms with van der Waals surface area (Å²) in [6, 6.07) is 11.3. The first-order valence-corrected chi connectivity index (χ1v) is 9.04. The molecule has 0 saturated carbocycles. The van der Waals surface area contributed by atoms with E-state index in [1.165, 1.54) is 12.1 Å². The number of carbonyl (C=O) groups excluding carboxylic acids is 1. The van der Waals surface area contributed by atoms with Gasteiger partial charge in [0, 0.05) is 49.0 Å². The van der Waals surface area contributed by atoms with Crippen molar-refractivity contribution in [3.05, 3.63) is 62.6 Å². The van der Waals surface area contributed by atoms with Crippen molar-refractivity contribution in [1.82, 2.24) is 4.90 Å². The fraction of sp³-hybridized carbons (Fsp3) is 0.278. The summed E-state index contributed by atoms with van der Waals surface area (Å²) in [7, 11) is 0. The second-order valence-corrected chi connectivity index (χ2v) is 6.85. The number of nitro groups is 1. The molecule has 0 unspecified atom stereocenters. The Morgan fingerprint density at radius 3 is 2.33 bits per heavy atom. The first-order valence-electron chi connectivity index (χ1n) is 8.29. The van der Waals surface area contributed by atoms with Gasteiger partial charge in [0.1, 0.15) is 5.75 Å². The Labute approximate surface area is 166 Å². The van der Waals surface area contributed by atoms with E-state index in [1.54, 1.807) is 35.2 Å². The quantitative estimate of drug-likeness (QED) is 0.556. The van der Waals surface area contributed by atoms with Gasteiger partial charge in [0.15, 0.2) is 6.61 Å². The van der Waals surface area contributed by atoms with Crippen LogP contribution in [-0.2, 0) is 4.79 Å². The highest BCUT2D eigenvalue weighted by Crippen LogP contribution is 2.27. The lowest BCUT2D eigenvalue weighted by atomic mass is 10.2. The van der Waals surface area contributed by atoms with Crippen LogP contribution in [-0.4, -0.2) is 48.5 Å². The maximum absolute atomic E-state index is 12.4. The molecule has 9 heteroatoms. The Morgan fingerprint density at radius 2 is 1.74 bits per heavy atom. The molecule has 2 aromatic rings. The summed E-state index contributed by atoms with van der Waals surface area (Å²) < 4.78 is 5.49. The third kappa shape index (κ3) is 4.81. The van der Waals surface area contributed by atoms with Crippen molar-refractivity contribution in [3.8, 4) is 5.75 Å². The van der Waals surface area contributed by atoms with E-state index in [1.807, 2.05) is 0 Å². The summed E-state index contributed by atoms with van der Waals surface area (Å²) in [6.07, 6.45) is 0. The smallest absolute Gasteiger partial charge is 0.269 e. The lowest BCUT2D eigenvalue weighted by molar-refractivity contribution is -0.384. The molecule has 1 aliphatic heterocycles. The van der Waals surface area contributed by atoms with Crippen LogP contribution in [0.2, 0.25) is 10.0 Å². The van der Waals surface area contributed by atoms with Crippen molar-refractivity contribution >= 4 is 40.5 Å². The maximum atomic E-state index is 12.4. The second kappa shape index (κ2) is 8.45. The summed E-state index contributed by atoms with van der Waals surface area (Å²) in [5, 5.41) is 11.6. The molecule has 1 heterocycles. The third-order valence-corrected chi connectivity index (χ3v) is 4.83. The first-order chi connectivity index (χ1) is 12.9. The molecule has 0 atom stereocenters. The highest BCUT2D eigenvalue weighted by atomic mass is 35.5. The van der Waals surface area contributed by atoms with E-state index in [9.17, 15) is 14.9 Å². The number of carbonyl (C=O) groups is 1. The van der Waals surface area contributed by atoms with Gasteiger partial charge in [0.2, 0.25) is 0 Å². The monoisotopic (exact) mass is 409 g/mol. The molecule has 0 bridgehead atoms. The van der Waals surface area contributed by atoms with Gasteiger partial charge in [0.25, 0.3) is 11.6 Å². The standard InChI is InChI=1S/C18H17Cl2N3O4/c19-13-1-6-17(16(20)11-13)27-12-18(24)22-9-7-21(8-10-22)14-2-4-15(5-3-14)23(25)26/h1-6,11H,7-10,12H2. The van der Waals surface area contributed by atoms with Gasteiger partial charge < -0.3 is 14.5 Å². The van der Waals surface area contributed by atoms with Crippen molar-refractivity contribution in [2.24, 2.45) is 0 Å².